The summed E-state index contributed by atoms with van der Waals surface area (Å²) in [5, 5.41) is 1.94. The number of nitrogens with zero attached hydrogens (tertiary/aromatic N) is 1. The van der Waals surface area contributed by atoms with Crippen molar-refractivity contribution in [2.45, 2.75) is 25.4 Å². The van der Waals surface area contributed by atoms with Gasteiger partial charge in [-0.2, -0.15) is 13.2 Å². The molecule has 0 spiro atoms. The minimum absolute atomic E-state index is 0.0147. The van der Waals surface area contributed by atoms with Gasteiger partial charge in [-0.1, -0.05) is 36.4 Å². The van der Waals surface area contributed by atoms with Gasteiger partial charge in [0.2, 0.25) is 0 Å². The number of nitrogens with one attached hydrogen (secondary N) is 1. The number of carbonyl (C=O) groups is 1. The predicted molar refractivity (Wildman–Crippen MR) is 91.0 cm³/mol. The van der Waals surface area contributed by atoms with E-state index in [9.17, 15) is 18.0 Å². The predicted octanol–water partition coefficient (Wildman–Crippen LogP) is 3.99. The second kappa shape index (κ2) is 7.17. The van der Waals surface area contributed by atoms with Crippen LogP contribution in [0.25, 0.3) is 0 Å². The van der Waals surface area contributed by atoms with Gasteiger partial charge in [0.15, 0.2) is 0 Å². The second-order valence-corrected chi connectivity index (χ2v) is 6.02. The van der Waals surface area contributed by atoms with Gasteiger partial charge < -0.3 is 10.2 Å². The minimum Gasteiger partial charge on any atom is -0.348 e. The van der Waals surface area contributed by atoms with Crippen molar-refractivity contribution < 1.29 is 18.0 Å². The van der Waals surface area contributed by atoms with Gasteiger partial charge >= 0.3 is 12.1 Å². The molecule has 25 heavy (non-hydrogen) atoms. The number of amides is 1. The van der Waals surface area contributed by atoms with Crippen LogP contribution >= 0.6 is 0 Å². The molecule has 132 valence electrons. The summed E-state index contributed by atoms with van der Waals surface area (Å²) in [6.07, 6.45) is -2.56. The highest BCUT2D eigenvalue weighted by molar-refractivity contribution is 5.81. The Balaban J connectivity index is 1.75. The highest BCUT2D eigenvalue weighted by Gasteiger charge is 2.38. The molecule has 0 unspecified atom stereocenters. The largest absolute Gasteiger partial charge is 0.471 e. The summed E-state index contributed by atoms with van der Waals surface area (Å²) < 4.78 is 36.8. The SMILES string of the molecule is O=C(NCCCN1c2ccccc2CCc2ccccc21)C(F)(F)F. The second-order valence-electron chi connectivity index (χ2n) is 6.02. The number of para-hydroxylation sites is 2. The van der Waals surface area contributed by atoms with Crippen LogP contribution in [-0.4, -0.2) is 25.2 Å². The third-order valence-corrected chi connectivity index (χ3v) is 4.33. The maximum absolute atomic E-state index is 12.3. The molecule has 0 fully saturated rings. The lowest BCUT2D eigenvalue weighted by molar-refractivity contribution is -0.173. The smallest absolute Gasteiger partial charge is 0.348 e. The lowest BCUT2D eigenvalue weighted by Crippen LogP contribution is -2.38. The van der Waals surface area contributed by atoms with Gasteiger partial charge in [-0.25, -0.2) is 0 Å². The van der Waals surface area contributed by atoms with E-state index in [1.807, 2.05) is 41.7 Å². The number of anilines is 2. The first-order chi connectivity index (χ1) is 12.0. The van der Waals surface area contributed by atoms with Crippen molar-refractivity contribution in [2.75, 3.05) is 18.0 Å². The molecule has 2 aromatic rings. The van der Waals surface area contributed by atoms with E-state index >= 15 is 0 Å². The third kappa shape index (κ3) is 3.95. The summed E-state index contributed by atoms with van der Waals surface area (Å²) in [4.78, 5) is 13.1. The Labute approximate surface area is 144 Å². The van der Waals surface area contributed by atoms with Crippen LogP contribution in [0.5, 0.6) is 0 Å². The molecule has 1 N–H and O–H groups in total. The Morgan fingerprint density at radius 3 is 2.00 bits per heavy atom. The Morgan fingerprint density at radius 2 is 1.48 bits per heavy atom. The zero-order valence-corrected chi connectivity index (χ0v) is 13.6. The molecule has 1 amide bonds. The van der Waals surface area contributed by atoms with Crippen LogP contribution in [0.3, 0.4) is 0 Å². The fraction of sp³-hybridized carbons (Fsp3) is 0.316. The fourth-order valence-electron chi connectivity index (χ4n) is 3.15. The van der Waals surface area contributed by atoms with Crippen LogP contribution in [0.2, 0.25) is 0 Å². The standard InChI is InChI=1S/C19H19F3N2O/c20-19(21,22)18(25)23-12-5-13-24-16-8-3-1-6-14(16)10-11-15-7-2-4-9-17(15)24/h1-4,6-9H,5,10-13H2,(H,23,25). The quantitative estimate of drug-likeness (QED) is 0.848. The lowest BCUT2D eigenvalue weighted by atomic mass is 10.0. The number of fused-ring (bicyclic) bond motifs is 2. The van der Waals surface area contributed by atoms with Gasteiger partial charge in [0, 0.05) is 24.5 Å². The minimum atomic E-state index is -4.83. The normalized spacial score (nSPS) is 13.6. The van der Waals surface area contributed by atoms with Crippen molar-refractivity contribution in [3.8, 4) is 0 Å². The Bertz CT molecular complexity index is 711. The van der Waals surface area contributed by atoms with Crippen molar-refractivity contribution in [1.29, 1.82) is 0 Å². The van der Waals surface area contributed by atoms with Gasteiger partial charge in [0.25, 0.3) is 0 Å². The monoisotopic (exact) mass is 348 g/mol. The number of hydrogen-bond acceptors (Lipinski definition) is 2. The van der Waals surface area contributed by atoms with E-state index in [-0.39, 0.29) is 6.54 Å². The van der Waals surface area contributed by atoms with Crippen molar-refractivity contribution in [1.82, 2.24) is 5.32 Å². The number of alkyl halides is 3. The van der Waals surface area contributed by atoms with Crippen LogP contribution in [0.15, 0.2) is 48.5 Å². The zero-order valence-electron chi connectivity index (χ0n) is 13.6. The topological polar surface area (TPSA) is 32.3 Å². The first-order valence-corrected chi connectivity index (χ1v) is 8.25. The number of hydrogen-bond donors (Lipinski definition) is 1. The highest BCUT2D eigenvalue weighted by Crippen LogP contribution is 2.35. The molecule has 1 aliphatic heterocycles. The molecule has 1 aliphatic rings. The third-order valence-electron chi connectivity index (χ3n) is 4.33. The molecule has 3 nitrogen and oxygen atoms in total. The van der Waals surface area contributed by atoms with E-state index in [1.54, 1.807) is 0 Å². The molecule has 0 bridgehead atoms. The Morgan fingerprint density at radius 1 is 0.960 bits per heavy atom. The fourth-order valence-corrected chi connectivity index (χ4v) is 3.15. The number of halogens is 3. The Kier molecular flexibility index (Phi) is 4.97. The molecular weight excluding hydrogens is 329 g/mol. The summed E-state index contributed by atoms with van der Waals surface area (Å²) in [6, 6.07) is 16.2. The van der Waals surface area contributed by atoms with Crippen LogP contribution in [0, 0.1) is 0 Å². The van der Waals surface area contributed by atoms with E-state index in [1.165, 1.54) is 11.1 Å². The molecule has 0 saturated heterocycles. The van der Waals surface area contributed by atoms with Gasteiger partial charge in [0.05, 0.1) is 0 Å². The lowest BCUT2D eigenvalue weighted by Gasteiger charge is -2.27. The first kappa shape index (κ1) is 17.3. The number of benzene rings is 2. The average Bonchev–Trinajstić information content (AvgIpc) is 2.75. The van der Waals surface area contributed by atoms with Crippen molar-refractivity contribution in [3.63, 3.8) is 0 Å². The van der Waals surface area contributed by atoms with Crippen molar-refractivity contribution >= 4 is 17.3 Å². The molecule has 0 aromatic heterocycles. The molecule has 6 heteroatoms. The van der Waals surface area contributed by atoms with Gasteiger partial charge in [0.1, 0.15) is 0 Å². The maximum Gasteiger partial charge on any atom is 0.471 e. The molecule has 1 heterocycles. The average molecular weight is 348 g/mol. The van der Waals surface area contributed by atoms with E-state index in [4.69, 9.17) is 0 Å². The van der Waals surface area contributed by atoms with Crippen LogP contribution in [0.1, 0.15) is 17.5 Å². The Hall–Kier alpha value is -2.50. The molecule has 0 aliphatic carbocycles. The highest BCUT2D eigenvalue weighted by atomic mass is 19.4. The van der Waals surface area contributed by atoms with Gasteiger partial charge in [-0.3, -0.25) is 4.79 Å². The van der Waals surface area contributed by atoms with Crippen molar-refractivity contribution in [3.05, 3.63) is 59.7 Å². The van der Waals surface area contributed by atoms with Gasteiger partial charge in [-0.05, 0) is 42.5 Å². The molecular formula is C19H19F3N2O. The molecule has 2 aromatic carbocycles. The van der Waals surface area contributed by atoms with Crippen LogP contribution in [0.4, 0.5) is 24.5 Å². The first-order valence-electron chi connectivity index (χ1n) is 8.25. The number of carbonyl (C=O) groups excluding carboxylic acids is 1. The number of aryl methyl sites for hydroxylation is 2. The number of rotatable bonds is 4. The van der Waals surface area contributed by atoms with Crippen molar-refractivity contribution in [2.24, 2.45) is 0 Å². The maximum atomic E-state index is 12.3. The molecule has 3 rings (SSSR count). The van der Waals surface area contributed by atoms with E-state index in [0.717, 1.165) is 24.2 Å². The van der Waals surface area contributed by atoms with Crippen LogP contribution < -0.4 is 10.2 Å². The summed E-state index contributed by atoms with van der Waals surface area (Å²) in [6.45, 7) is 0.519. The van der Waals surface area contributed by atoms with E-state index in [2.05, 4.69) is 17.0 Å². The molecule has 0 radical (unpaired) electrons. The van der Waals surface area contributed by atoms with Gasteiger partial charge in [-0.15, -0.1) is 0 Å². The van der Waals surface area contributed by atoms with E-state index < -0.39 is 12.1 Å². The molecule has 0 saturated carbocycles. The summed E-state index contributed by atoms with van der Waals surface area (Å²) in [5.41, 5.74) is 4.60. The van der Waals surface area contributed by atoms with Crippen LogP contribution in [-0.2, 0) is 17.6 Å². The zero-order chi connectivity index (χ0) is 17.9. The summed E-state index contributed by atoms with van der Waals surface area (Å²) in [7, 11) is 0. The van der Waals surface area contributed by atoms with E-state index in [0.29, 0.717) is 13.0 Å². The summed E-state index contributed by atoms with van der Waals surface area (Å²) in [5.74, 6) is -1.89. The molecule has 0 atom stereocenters. The summed E-state index contributed by atoms with van der Waals surface area (Å²) >= 11 is 0.